The smallest absolute Gasteiger partial charge is 0.320 e. The highest BCUT2D eigenvalue weighted by atomic mass is 16.4. The van der Waals surface area contributed by atoms with Crippen LogP contribution < -0.4 is 5.73 Å². The molecule has 82 valence electrons. The maximum atomic E-state index is 10.7. The van der Waals surface area contributed by atoms with Crippen LogP contribution in [-0.2, 0) is 11.2 Å². The fraction of sp³-hybridized carbons (Fsp3) is 0.154. The van der Waals surface area contributed by atoms with Crippen molar-refractivity contribution in [3.63, 3.8) is 0 Å². The molecule has 1 atom stereocenters. The van der Waals surface area contributed by atoms with Crippen LogP contribution in [0.25, 0.3) is 11.1 Å². The standard InChI is InChI=1S/C13H13NO2/c14-12(13(15)16)8-10-7-6-9-4-2-1-3-5-11(9)10/h1-7,12H,8,14H2,(H,15,16). The number of carbonyl (C=O) groups is 1. The lowest BCUT2D eigenvalue weighted by molar-refractivity contribution is -0.138. The molecule has 0 aromatic heterocycles. The van der Waals surface area contributed by atoms with Gasteiger partial charge in [0.15, 0.2) is 0 Å². The van der Waals surface area contributed by atoms with Crippen molar-refractivity contribution in [1.82, 2.24) is 0 Å². The molecule has 0 aliphatic heterocycles. The van der Waals surface area contributed by atoms with E-state index in [1.807, 2.05) is 42.5 Å². The van der Waals surface area contributed by atoms with Crippen LogP contribution in [-0.4, -0.2) is 17.1 Å². The molecule has 3 N–H and O–H groups in total. The minimum absolute atomic E-state index is 0.364. The topological polar surface area (TPSA) is 63.3 Å². The Kier molecular flexibility index (Phi) is 2.88. The molecule has 0 fully saturated rings. The Morgan fingerprint density at radius 3 is 2.69 bits per heavy atom. The first-order valence-corrected chi connectivity index (χ1v) is 5.13. The second kappa shape index (κ2) is 4.33. The van der Waals surface area contributed by atoms with Gasteiger partial charge in [0.1, 0.15) is 6.04 Å². The summed E-state index contributed by atoms with van der Waals surface area (Å²) >= 11 is 0. The van der Waals surface area contributed by atoms with Gasteiger partial charge >= 0.3 is 5.97 Å². The van der Waals surface area contributed by atoms with Gasteiger partial charge in [-0.3, -0.25) is 4.79 Å². The second-order valence-electron chi connectivity index (χ2n) is 3.79. The first-order chi connectivity index (χ1) is 7.68. The van der Waals surface area contributed by atoms with Crippen molar-refractivity contribution in [3.05, 3.63) is 48.0 Å². The molecule has 2 aliphatic carbocycles. The maximum Gasteiger partial charge on any atom is 0.320 e. The van der Waals surface area contributed by atoms with E-state index >= 15 is 0 Å². The van der Waals surface area contributed by atoms with Crippen LogP contribution in [0, 0.1) is 0 Å². The van der Waals surface area contributed by atoms with Crippen LogP contribution >= 0.6 is 0 Å². The predicted octanol–water partition coefficient (Wildman–Crippen LogP) is 1.75. The predicted molar refractivity (Wildman–Crippen MR) is 62.4 cm³/mol. The Morgan fingerprint density at radius 2 is 1.94 bits per heavy atom. The largest absolute Gasteiger partial charge is 0.480 e. The van der Waals surface area contributed by atoms with Gasteiger partial charge in [-0.1, -0.05) is 42.5 Å². The van der Waals surface area contributed by atoms with E-state index in [1.54, 1.807) is 0 Å². The summed E-state index contributed by atoms with van der Waals surface area (Å²) in [5.74, 6) is -0.963. The van der Waals surface area contributed by atoms with Gasteiger partial charge in [-0.25, -0.2) is 0 Å². The second-order valence-corrected chi connectivity index (χ2v) is 3.79. The van der Waals surface area contributed by atoms with Gasteiger partial charge in [-0.2, -0.15) is 0 Å². The minimum atomic E-state index is -0.963. The summed E-state index contributed by atoms with van der Waals surface area (Å²) in [7, 11) is 0. The van der Waals surface area contributed by atoms with Crippen molar-refractivity contribution in [2.24, 2.45) is 5.73 Å². The van der Waals surface area contributed by atoms with Crippen LogP contribution in [0.2, 0.25) is 0 Å². The maximum absolute atomic E-state index is 10.7. The lowest BCUT2D eigenvalue weighted by Gasteiger charge is -2.06. The highest BCUT2D eigenvalue weighted by molar-refractivity contribution is 5.76. The zero-order valence-corrected chi connectivity index (χ0v) is 8.76. The van der Waals surface area contributed by atoms with E-state index in [2.05, 4.69) is 0 Å². The summed E-state index contributed by atoms with van der Waals surface area (Å²) in [6, 6.07) is 12.9. The normalized spacial score (nSPS) is 12.6. The molecule has 3 nitrogen and oxygen atoms in total. The number of hydrogen-bond acceptors (Lipinski definition) is 2. The molecule has 2 aliphatic rings. The SMILES string of the molecule is NC(Cc1ccc2cccccc1-2)C(=O)O. The van der Waals surface area contributed by atoms with Gasteiger partial charge in [-0.05, 0) is 23.1 Å². The van der Waals surface area contributed by atoms with Crippen molar-refractivity contribution in [3.8, 4) is 11.1 Å². The summed E-state index contributed by atoms with van der Waals surface area (Å²) in [5.41, 5.74) is 8.70. The molecule has 0 radical (unpaired) electrons. The van der Waals surface area contributed by atoms with Gasteiger partial charge in [-0.15, -0.1) is 0 Å². The Morgan fingerprint density at radius 1 is 1.19 bits per heavy atom. The summed E-state index contributed by atoms with van der Waals surface area (Å²) in [4.78, 5) is 10.7. The average Bonchev–Trinajstić information content (AvgIpc) is 2.50. The van der Waals surface area contributed by atoms with Gasteiger partial charge in [0, 0.05) is 0 Å². The van der Waals surface area contributed by atoms with E-state index in [4.69, 9.17) is 10.8 Å². The molecular weight excluding hydrogens is 202 g/mol. The Hall–Kier alpha value is -1.87. The van der Waals surface area contributed by atoms with Gasteiger partial charge in [0.25, 0.3) is 0 Å². The molecule has 1 unspecified atom stereocenters. The Balaban J connectivity index is 2.31. The van der Waals surface area contributed by atoms with E-state index in [0.29, 0.717) is 6.42 Å². The molecule has 16 heavy (non-hydrogen) atoms. The minimum Gasteiger partial charge on any atom is -0.480 e. The van der Waals surface area contributed by atoms with Crippen molar-refractivity contribution in [2.45, 2.75) is 12.5 Å². The molecule has 0 heterocycles. The van der Waals surface area contributed by atoms with Gasteiger partial charge in [0.05, 0.1) is 0 Å². The fourth-order valence-electron chi connectivity index (χ4n) is 1.78. The molecule has 0 saturated carbocycles. The summed E-state index contributed by atoms with van der Waals surface area (Å²) in [5, 5.41) is 8.78. The Labute approximate surface area is 93.9 Å². The van der Waals surface area contributed by atoms with Crippen molar-refractivity contribution in [2.75, 3.05) is 0 Å². The molecule has 0 aromatic carbocycles. The number of nitrogens with two attached hydrogens (primary N) is 1. The first kappa shape index (κ1) is 10.6. The zero-order chi connectivity index (χ0) is 11.5. The molecule has 0 aromatic rings. The van der Waals surface area contributed by atoms with Crippen molar-refractivity contribution >= 4 is 5.97 Å². The highest BCUT2D eigenvalue weighted by Gasteiger charge is 2.15. The number of carboxylic acids is 1. The van der Waals surface area contributed by atoms with Crippen LogP contribution in [0.15, 0.2) is 42.5 Å². The lowest BCUT2D eigenvalue weighted by Crippen LogP contribution is -2.32. The van der Waals surface area contributed by atoms with Crippen LogP contribution in [0.3, 0.4) is 0 Å². The van der Waals surface area contributed by atoms with E-state index in [1.165, 1.54) is 0 Å². The molecular formula is C13H13NO2. The molecule has 0 spiro atoms. The van der Waals surface area contributed by atoms with E-state index in [9.17, 15) is 4.79 Å². The molecule has 3 heteroatoms. The van der Waals surface area contributed by atoms with Gasteiger partial charge in [0.2, 0.25) is 0 Å². The van der Waals surface area contributed by atoms with Crippen molar-refractivity contribution in [1.29, 1.82) is 0 Å². The third kappa shape index (κ3) is 2.04. The number of carboxylic acid groups (broad SMARTS) is 1. The number of rotatable bonds is 3. The van der Waals surface area contributed by atoms with E-state index < -0.39 is 12.0 Å². The van der Waals surface area contributed by atoms with E-state index in [-0.39, 0.29) is 0 Å². The third-order valence-corrected chi connectivity index (χ3v) is 2.64. The fourth-order valence-corrected chi connectivity index (χ4v) is 1.78. The quantitative estimate of drug-likeness (QED) is 0.819. The number of aliphatic carboxylic acids is 1. The van der Waals surface area contributed by atoms with Crippen molar-refractivity contribution < 1.29 is 9.90 Å². The first-order valence-electron chi connectivity index (χ1n) is 5.13. The number of fused-ring (bicyclic) bond motifs is 1. The number of hydrogen-bond donors (Lipinski definition) is 2. The average molecular weight is 215 g/mol. The monoisotopic (exact) mass is 215 g/mol. The molecule has 0 saturated heterocycles. The third-order valence-electron chi connectivity index (χ3n) is 2.64. The molecule has 0 amide bonds. The Bertz CT molecular complexity index is 481. The van der Waals surface area contributed by atoms with Crippen LogP contribution in [0.4, 0.5) is 0 Å². The zero-order valence-electron chi connectivity index (χ0n) is 8.76. The molecule has 0 bridgehead atoms. The summed E-state index contributed by atoms with van der Waals surface area (Å²) < 4.78 is 0. The van der Waals surface area contributed by atoms with Crippen LogP contribution in [0.5, 0.6) is 0 Å². The van der Waals surface area contributed by atoms with E-state index in [0.717, 1.165) is 16.7 Å². The summed E-state index contributed by atoms with van der Waals surface area (Å²) in [6.45, 7) is 0. The lowest BCUT2D eigenvalue weighted by atomic mass is 10.0. The molecule has 2 rings (SSSR count). The van der Waals surface area contributed by atoms with Crippen LogP contribution in [0.1, 0.15) is 5.56 Å². The highest BCUT2D eigenvalue weighted by Crippen LogP contribution is 2.27. The summed E-state index contributed by atoms with van der Waals surface area (Å²) in [6.07, 6.45) is 0.364. The van der Waals surface area contributed by atoms with Gasteiger partial charge < -0.3 is 10.8 Å².